The summed E-state index contributed by atoms with van der Waals surface area (Å²) in [7, 11) is 2.02. The summed E-state index contributed by atoms with van der Waals surface area (Å²) in [6, 6.07) is 19.4. The Morgan fingerprint density at radius 1 is 0.974 bits per heavy atom. The van der Waals surface area contributed by atoms with E-state index in [0.29, 0.717) is 25.5 Å². The van der Waals surface area contributed by atoms with Crippen LogP contribution in [0.2, 0.25) is 0 Å². The molecule has 0 radical (unpaired) electrons. The largest absolute Gasteiger partial charge is 0.416 e. The van der Waals surface area contributed by atoms with Gasteiger partial charge in [-0.25, -0.2) is 9.18 Å². The molecule has 204 valence electrons. The van der Waals surface area contributed by atoms with Gasteiger partial charge in [0.05, 0.1) is 5.56 Å². The maximum absolute atomic E-state index is 13.9. The molecule has 0 atom stereocenters. The Hall–Kier alpha value is -3.85. The number of nitrogens with zero attached hydrogens (tertiary/aromatic N) is 3. The van der Waals surface area contributed by atoms with Crippen molar-refractivity contribution in [2.45, 2.75) is 38.1 Å². The highest BCUT2D eigenvalue weighted by atomic mass is 19.4. The molecular weight excluding hydrogens is 508 g/mol. The van der Waals surface area contributed by atoms with Crippen LogP contribution in [0.3, 0.4) is 0 Å². The van der Waals surface area contributed by atoms with E-state index in [1.54, 1.807) is 4.90 Å². The Balaban J connectivity index is 1.29. The second-order valence-electron chi connectivity index (χ2n) is 10.1. The SMILES string of the molecule is Cn1ccc2cc(CN3CCC(N(Cc4ccccc4)C(=O)Nc4cc(F)cc(C(F)(F)F)c4)CC3)ccc21. The van der Waals surface area contributed by atoms with Gasteiger partial charge in [-0.1, -0.05) is 36.4 Å². The summed E-state index contributed by atoms with van der Waals surface area (Å²) in [5.74, 6) is -1.06. The highest BCUT2D eigenvalue weighted by molar-refractivity contribution is 5.89. The Labute approximate surface area is 224 Å². The zero-order valence-corrected chi connectivity index (χ0v) is 21.6. The zero-order chi connectivity index (χ0) is 27.6. The molecule has 1 aliphatic rings. The lowest BCUT2D eigenvalue weighted by Gasteiger charge is -2.38. The molecule has 39 heavy (non-hydrogen) atoms. The van der Waals surface area contributed by atoms with Crippen LogP contribution >= 0.6 is 0 Å². The number of aromatic nitrogens is 1. The molecule has 0 spiro atoms. The number of carbonyl (C=O) groups excluding carboxylic acids is 1. The van der Waals surface area contributed by atoms with Crippen molar-refractivity contribution in [3.63, 3.8) is 0 Å². The molecule has 1 aromatic heterocycles. The van der Waals surface area contributed by atoms with Crippen molar-refractivity contribution in [2.75, 3.05) is 18.4 Å². The van der Waals surface area contributed by atoms with E-state index < -0.39 is 23.6 Å². The van der Waals surface area contributed by atoms with Crippen molar-refractivity contribution in [1.82, 2.24) is 14.4 Å². The van der Waals surface area contributed by atoms with E-state index in [1.165, 1.54) is 16.5 Å². The van der Waals surface area contributed by atoms with Gasteiger partial charge in [0.15, 0.2) is 0 Å². The molecule has 2 heterocycles. The second-order valence-corrected chi connectivity index (χ2v) is 10.1. The van der Waals surface area contributed by atoms with Gasteiger partial charge in [0.2, 0.25) is 0 Å². The number of alkyl halides is 3. The van der Waals surface area contributed by atoms with Crippen LogP contribution in [0.25, 0.3) is 10.9 Å². The van der Waals surface area contributed by atoms with Gasteiger partial charge in [0, 0.05) is 56.7 Å². The van der Waals surface area contributed by atoms with Crippen LogP contribution in [0, 0.1) is 5.82 Å². The van der Waals surface area contributed by atoms with E-state index in [0.717, 1.165) is 37.3 Å². The minimum Gasteiger partial charge on any atom is -0.351 e. The maximum Gasteiger partial charge on any atom is 0.416 e. The molecule has 2 amide bonds. The van der Waals surface area contributed by atoms with Crippen molar-refractivity contribution < 1.29 is 22.4 Å². The molecule has 1 fully saturated rings. The third-order valence-electron chi connectivity index (χ3n) is 7.29. The standard InChI is InChI=1S/C30H30F4N4O/c1-36-12-9-23-15-22(7-8-28(23)36)19-37-13-10-27(11-14-37)38(20-21-5-3-2-4-6-21)29(39)35-26-17-24(30(32,33)34)16-25(31)18-26/h2-9,12,15-18,27H,10-11,13-14,19-20H2,1H3,(H,35,39). The van der Waals surface area contributed by atoms with E-state index >= 15 is 0 Å². The molecule has 9 heteroatoms. The van der Waals surface area contributed by atoms with Crippen LogP contribution in [-0.4, -0.2) is 39.5 Å². The molecule has 1 saturated heterocycles. The van der Waals surface area contributed by atoms with Crippen LogP contribution in [0.5, 0.6) is 0 Å². The van der Waals surface area contributed by atoms with Crippen LogP contribution in [0.1, 0.15) is 29.5 Å². The molecule has 0 saturated carbocycles. The number of hydrogen-bond acceptors (Lipinski definition) is 2. The molecule has 3 aromatic carbocycles. The first-order chi connectivity index (χ1) is 18.7. The number of piperidine rings is 1. The molecule has 0 aliphatic carbocycles. The van der Waals surface area contributed by atoms with Crippen molar-refractivity contribution in [3.8, 4) is 0 Å². The summed E-state index contributed by atoms with van der Waals surface area (Å²) in [5, 5.41) is 3.71. The zero-order valence-electron chi connectivity index (χ0n) is 21.6. The van der Waals surface area contributed by atoms with Crippen molar-refractivity contribution in [1.29, 1.82) is 0 Å². The summed E-state index contributed by atoms with van der Waals surface area (Å²) in [6.45, 7) is 2.64. The topological polar surface area (TPSA) is 40.5 Å². The van der Waals surface area contributed by atoms with Crippen molar-refractivity contribution in [2.24, 2.45) is 7.05 Å². The summed E-state index contributed by atoms with van der Waals surface area (Å²) < 4.78 is 55.6. The van der Waals surface area contributed by atoms with E-state index in [1.807, 2.05) is 43.6 Å². The first-order valence-corrected chi connectivity index (χ1v) is 12.9. The van der Waals surface area contributed by atoms with E-state index in [4.69, 9.17) is 0 Å². The summed E-state index contributed by atoms with van der Waals surface area (Å²) in [4.78, 5) is 17.4. The number of aryl methyl sites for hydroxylation is 1. The average molecular weight is 539 g/mol. The first-order valence-electron chi connectivity index (χ1n) is 12.9. The van der Waals surface area contributed by atoms with Crippen molar-refractivity contribution >= 4 is 22.6 Å². The molecule has 4 aromatic rings. The Morgan fingerprint density at radius 3 is 2.44 bits per heavy atom. The molecule has 5 nitrogen and oxygen atoms in total. The summed E-state index contributed by atoms with van der Waals surface area (Å²) in [5.41, 5.74) is 1.94. The quantitative estimate of drug-likeness (QED) is 0.268. The smallest absolute Gasteiger partial charge is 0.351 e. The predicted octanol–water partition coefficient (Wildman–Crippen LogP) is 7.03. The number of hydrogen-bond donors (Lipinski definition) is 1. The van der Waals surface area contributed by atoms with Gasteiger partial charge in [-0.15, -0.1) is 0 Å². The normalized spacial score (nSPS) is 15.0. The number of amides is 2. The molecule has 1 aliphatic heterocycles. The van der Waals surface area contributed by atoms with Crippen LogP contribution in [0.15, 0.2) is 79.0 Å². The highest BCUT2D eigenvalue weighted by Gasteiger charge is 2.32. The van der Waals surface area contributed by atoms with Gasteiger partial charge in [0.25, 0.3) is 0 Å². The number of likely N-dealkylation sites (tertiary alicyclic amines) is 1. The first kappa shape index (κ1) is 26.7. The second kappa shape index (κ2) is 11.1. The molecule has 5 rings (SSSR count). The Bertz CT molecular complexity index is 1440. The van der Waals surface area contributed by atoms with Gasteiger partial charge < -0.3 is 14.8 Å². The number of benzene rings is 3. The predicted molar refractivity (Wildman–Crippen MR) is 144 cm³/mol. The number of halogens is 4. The van der Waals surface area contributed by atoms with Crippen LogP contribution < -0.4 is 5.32 Å². The van der Waals surface area contributed by atoms with Gasteiger partial charge >= 0.3 is 12.2 Å². The third-order valence-corrected chi connectivity index (χ3v) is 7.29. The van der Waals surface area contributed by atoms with Gasteiger partial charge in [0.1, 0.15) is 5.82 Å². The summed E-state index contributed by atoms with van der Waals surface area (Å²) >= 11 is 0. The molecule has 0 unspecified atom stereocenters. The molecular formula is C30H30F4N4O. The molecule has 0 bridgehead atoms. The Kier molecular flexibility index (Phi) is 7.61. The lowest BCUT2D eigenvalue weighted by Crippen LogP contribution is -2.48. The summed E-state index contributed by atoms with van der Waals surface area (Å²) in [6.07, 6.45) is -1.25. The number of anilines is 1. The number of urea groups is 1. The van der Waals surface area contributed by atoms with Gasteiger partial charge in [-0.3, -0.25) is 4.90 Å². The molecule has 1 N–H and O–H groups in total. The number of carbonyl (C=O) groups is 1. The fourth-order valence-electron chi connectivity index (χ4n) is 5.24. The number of rotatable bonds is 6. The fraction of sp³-hybridized carbons (Fsp3) is 0.300. The highest BCUT2D eigenvalue weighted by Crippen LogP contribution is 2.32. The van der Waals surface area contributed by atoms with E-state index in [2.05, 4.69) is 39.0 Å². The lowest BCUT2D eigenvalue weighted by atomic mass is 10.0. The van der Waals surface area contributed by atoms with Crippen LogP contribution in [0.4, 0.5) is 28.0 Å². The van der Waals surface area contributed by atoms with Gasteiger partial charge in [-0.2, -0.15) is 13.2 Å². The lowest BCUT2D eigenvalue weighted by molar-refractivity contribution is -0.137. The van der Waals surface area contributed by atoms with Gasteiger partial charge in [-0.05, 0) is 65.8 Å². The van der Waals surface area contributed by atoms with E-state index in [9.17, 15) is 22.4 Å². The van der Waals surface area contributed by atoms with Crippen LogP contribution in [-0.2, 0) is 26.3 Å². The minimum absolute atomic E-state index is 0.117. The van der Waals surface area contributed by atoms with E-state index in [-0.39, 0.29) is 11.7 Å². The Morgan fingerprint density at radius 2 is 1.72 bits per heavy atom. The van der Waals surface area contributed by atoms with Crippen molar-refractivity contribution in [3.05, 3.63) is 102 Å². The maximum atomic E-state index is 13.9. The minimum atomic E-state index is -4.72. The monoisotopic (exact) mass is 538 g/mol. The average Bonchev–Trinajstić information content (AvgIpc) is 3.27. The third kappa shape index (κ3) is 6.42. The fourth-order valence-corrected chi connectivity index (χ4v) is 5.24. The number of fused-ring (bicyclic) bond motifs is 1. The number of nitrogens with one attached hydrogen (secondary N) is 1.